The van der Waals surface area contributed by atoms with Gasteiger partial charge in [-0.05, 0) is 24.8 Å². The van der Waals surface area contributed by atoms with Crippen LogP contribution in [-0.4, -0.2) is 88.2 Å². The fourth-order valence-corrected chi connectivity index (χ4v) is 6.77. The molecule has 4 aliphatic rings. The highest BCUT2D eigenvalue weighted by Gasteiger charge is 2.72. The summed E-state index contributed by atoms with van der Waals surface area (Å²) in [6.45, 7) is 6.07. The van der Waals surface area contributed by atoms with Crippen molar-refractivity contribution in [3.05, 3.63) is 60.2 Å². The molecule has 10 nitrogen and oxygen atoms in total. The van der Waals surface area contributed by atoms with E-state index in [9.17, 15) is 24.3 Å². The van der Waals surface area contributed by atoms with E-state index in [0.717, 1.165) is 5.56 Å². The first kappa shape index (κ1) is 30.0. The van der Waals surface area contributed by atoms with Crippen LogP contribution in [0.2, 0.25) is 0 Å². The fourth-order valence-electron chi connectivity index (χ4n) is 6.77. The molecule has 4 aliphatic heterocycles. The Morgan fingerprint density at radius 1 is 1.12 bits per heavy atom. The lowest BCUT2D eigenvalue weighted by Crippen LogP contribution is -2.59. The number of hydrogen-bond donors (Lipinski definition) is 2. The third kappa shape index (κ3) is 5.38. The minimum atomic E-state index is -1.43. The van der Waals surface area contributed by atoms with Crippen LogP contribution in [0.3, 0.4) is 0 Å². The summed E-state index contributed by atoms with van der Waals surface area (Å²) in [7, 11) is 0. The molecule has 5 rings (SSSR count). The average Bonchev–Trinajstić information content (AvgIpc) is 3.37. The molecule has 4 heterocycles. The van der Waals surface area contributed by atoms with Crippen molar-refractivity contribution in [1.29, 1.82) is 0 Å². The summed E-state index contributed by atoms with van der Waals surface area (Å²) >= 11 is 0. The number of cyclic esters (lactones) is 1. The Labute approximate surface area is 246 Å². The number of ether oxygens (including phenoxy) is 2. The molecule has 0 radical (unpaired) electrons. The molecule has 0 bridgehead atoms. The highest BCUT2D eigenvalue weighted by molar-refractivity contribution is 5.99. The van der Waals surface area contributed by atoms with Crippen molar-refractivity contribution >= 4 is 23.7 Å². The predicted molar refractivity (Wildman–Crippen MR) is 153 cm³/mol. The van der Waals surface area contributed by atoms with Gasteiger partial charge in [0.05, 0.1) is 31.2 Å². The molecule has 1 spiro atoms. The molecular weight excluding hydrogens is 538 g/mol. The second-order valence-electron chi connectivity index (χ2n) is 11.8. The molecule has 0 aromatic heterocycles. The number of fused-ring (bicyclic) bond motifs is 2. The number of benzene rings is 1. The van der Waals surface area contributed by atoms with Crippen molar-refractivity contribution in [3.63, 3.8) is 0 Å². The molecule has 3 amide bonds. The van der Waals surface area contributed by atoms with Crippen molar-refractivity contribution in [2.45, 2.75) is 76.5 Å². The van der Waals surface area contributed by atoms with Gasteiger partial charge in [-0.15, -0.1) is 0 Å². The van der Waals surface area contributed by atoms with E-state index in [0.29, 0.717) is 25.9 Å². The van der Waals surface area contributed by atoms with Crippen LogP contribution in [0.5, 0.6) is 0 Å². The summed E-state index contributed by atoms with van der Waals surface area (Å²) in [5.41, 5.74) is -0.489. The van der Waals surface area contributed by atoms with Crippen LogP contribution in [0.25, 0.3) is 0 Å². The molecule has 1 aromatic rings. The van der Waals surface area contributed by atoms with Crippen molar-refractivity contribution in [1.82, 2.24) is 15.1 Å². The maximum Gasteiger partial charge on any atom is 0.313 e. The summed E-state index contributed by atoms with van der Waals surface area (Å²) in [6, 6.07) is 7.91. The van der Waals surface area contributed by atoms with E-state index in [1.54, 1.807) is 30.1 Å². The summed E-state index contributed by atoms with van der Waals surface area (Å²) in [6.07, 6.45) is 7.05. The van der Waals surface area contributed by atoms with Gasteiger partial charge in [-0.25, -0.2) is 0 Å². The number of aliphatic hydroxyl groups excluding tert-OH is 1. The average molecular weight is 580 g/mol. The van der Waals surface area contributed by atoms with Gasteiger partial charge in [-0.1, -0.05) is 74.9 Å². The second-order valence-corrected chi connectivity index (χ2v) is 11.8. The number of carbonyl (C=O) groups is 4. The van der Waals surface area contributed by atoms with Gasteiger partial charge in [0, 0.05) is 19.5 Å². The molecule has 42 heavy (non-hydrogen) atoms. The number of aliphatic hydroxyl groups is 1. The van der Waals surface area contributed by atoms with Crippen LogP contribution in [-0.2, 0) is 35.2 Å². The third-order valence-corrected chi connectivity index (χ3v) is 9.12. The first-order valence-corrected chi connectivity index (χ1v) is 15.0. The van der Waals surface area contributed by atoms with E-state index in [1.807, 2.05) is 50.3 Å². The lowest BCUT2D eigenvalue weighted by Gasteiger charge is -2.40. The summed E-state index contributed by atoms with van der Waals surface area (Å²) in [4.78, 5) is 58.2. The quantitative estimate of drug-likeness (QED) is 0.390. The zero-order chi connectivity index (χ0) is 30.0. The Kier molecular flexibility index (Phi) is 8.84. The Hall–Kier alpha value is -3.50. The van der Waals surface area contributed by atoms with E-state index < -0.39 is 53.6 Å². The second kappa shape index (κ2) is 12.4. The molecular formula is C32H41N3O7. The van der Waals surface area contributed by atoms with E-state index >= 15 is 0 Å². The molecule has 226 valence electrons. The highest BCUT2D eigenvalue weighted by atomic mass is 16.6. The fraction of sp³-hybridized carbons (Fsp3) is 0.562. The van der Waals surface area contributed by atoms with E-state index in [4.69, 9.17) is 9.47 Å². The van der Waals surface area contributed by atoms with E-state index in [-0.39, 0.29) is 37.3 Å². The van der Waals surface area contributed by atoms with Gasteiger partial charge in [-0.2, -0.15) is 0 Å². The van der Waals surface area contributed by atoms with Crippen molar-refractivity contribution in [3.8, 4) is 0 Å². The van der Waals surface area contributed by atoms with Gasteiger partial charge in [-0.3, -0.25) is 19.2 Å². The minimum absolute atomic E-state index is 0.111. The molecule has 8 atom stereocenters. The lowest BCUT2D eigenvalue weighted by molar-refractivity contribution is -0.160. The standard InChI is InChI=1S/C32H41N3O7/c1-4-20(2)23(19-36)35-28-30(39)34(18-22-11-6-5-7-12-22)16-10-15-32(28)27(29(35)38)26-24(42-32)13-8-9-14-25(37)33-17-21(3)41-31(26)40/h5-8,10-13,15,20-21,23-24,26-28,36H,4,9,14,16-19H2,1-3H3,(H,33,37)/b13-8-/t20-,21-,23-,24-,26+,27+,28-,32+/m0/s1. The predicted octanol–water partition coefficient (Wildman–Crippen LogP) is 1.97. The number of nitrogens with zero attached hydrogens (tertiary/aromatic N) is 2. The molecule has 10 heteroatoms. The number of esters is 1. The Morgan fingerprint density at radius 3 is 2.60 bits per heavy atom. The molecule has 0 unspecified atom stereocenters. The Balaban J connectivity index is 1.60. The van der Waals surface area contributed by atoms with Crippen molar-refractivity contribution in [2.24, 2.45) is 17.8 Å². The number of nitrogens with one attached hydrogen (secondary N) is 1. The Bertz CT molecular complexity index is 1250. The minimum Gasteiger partial charge on any atom is -0.460 e. The first-order chi connectivity index (χ1) is 20.2. The lowest BCUT2D eigenvalue weighted by atomic mass is 9.78. The molecule has 0 aliphatic carbocycles. The van der Waals surface area contributed by atoms with E-state index in [2.05, 4.69) is 5.32 Å². The monoisotopic (exact) mass is 579 g/mol. The van der Waals surface area contributed by atoms with Crippen LogP contribution >= 0.6 is 0 Å². The number of carbonyl (C=O) groups excluding carboxylic acids is 4. The summed E-state index contributed by atoms with van der Waals surface area (Å²) in [5.74, 6) is -3.59. The van der Waals surface area contributed by atoms with Crippen LogP contribution in [0.1, 0.15) is 45.6 Å². The number of allylic oxidation sites excluding steroid dienone is 1. The molecule has 2 fully saturated rings. The maximum absolute atomic E-state index is 14.5. The number of rotatable bonds is 6. The molecule has 0 saturated carbocycles. The highest BCUT2D eigenvalue weighted by Crippen LogP contribution is 2.54. The van der Waals surface area contributed by atoms with Gasteiger partial charge in [0.1, 0.15) is 23.7 Å². The van der Waals surface area contributed by atoms with Crippen molar-refractivity contribution < 1.29 is 33.8 Å². The molecule has 1 aromatic carbocycles. The summed E-state index contributed by atoms with van der Waals surface area (Å²) < 4.78 is 12.5. The Morgan fingerprint density at radius 2 is 1.88 bits per heavy atom. The van der Waals surface area contributed by atoms with Crippen LogP contribution in [0.15, 0.2) is 54.6 Å². The first-order valence-electron chi connectivity index (χ1n) is 15.0. The third-order valence-electron chi connectivity index (χ3n) is 9.12. The number of likely N-dealkylation sites (tertiary alicyclic amines) is 1. The molecule has 2 N–H and O–H groups in total. The van der Waals surface area contributed by atoms with E-state index in [1.165, 1.54) is 4.90 Å². The molecule has 2 saturated heterocycles. The number of amides is 3. The van der Waals surface area contributed by atoms with Gasteiger partial charge < -0.3 is 29.7 Å². The SMILES string of the molecule is CC[C@H](C)[C@H](CO)N1C(=O)[C@H]2[C@@H]3C(=O)O[C@@H](C)CNC(=O)CC/C=C\[C@@H]3O[C@]23C=CCN(Cc2ccccc2)C(=O)[C@H]13. The largest absolute Gasteiger partial charge is 0.460 e. The van der Waals surface area contributed by atoms with Crippen LogP contribution < -0.4 is 5.32 Å². The van der Waals surface area contributed by atoms with Crippen LogP contribution in [0, 0.1) is 17.8 Å². The normalized spacial score (nSPS) is 33.8. The zero-order valence-corrected chi connectivity index (χ0v) is 24.5. The zero-order valence-electron chi connectivity index (χ0n) is 24.5. The van der Waals surface area contributed by atoms with Crippen molar-refractivity contribution in [2.75, 3.05) is 19.7 Å². The van der Waals surface area contributed by atoms with Gasteiger partial charge in [0.15, 0.2) is 0 Å². The topological polar surface area (TPSA) is 125 Å². The number of hydrogen-bond acceptors (Lipinski definition) is 7. The smallest absolute Gasteiger partial charge is 0.313 e. The van der Waals surface area contributed by atoms with Crippen LogP contribution in [0.4, 0.5) is 0 Å². The van der Waals surface area contributed by atoms with Gasteiger partial charge in [0.2, 0.25) is 17.7 Å². The van der Waals surface area contributed by atoms with Gasteiger partial charge >= 0.3 is 5.97 Å². The summed E-state index contributed by atoms with van der Waals surface area (Å²) in [5, 5.41) is 13.3. The maximum atomic E-state index is 14.5. The van der Waals surface area contributed by atoms with Gasteiger partial charge in [0.25, 0.3) is 0 Å².